The van der Waals surface area contributed by atoms with Gasteiger partial charge in [-0.25, -0.2) is 13.1 Å². The second-order valence-electron chi connectivity index (χ2n) is 7.32. The molecule has 0 fully saturated rings. The molecule has 3 aromatic rings. The van der Waals surface area contributed by atoms with Gasteiger partial charge in [0.1, 0.15) is 11.6 Å². The fourth-order valence-corrected chi connectivity index (χ4v) is 4.02. The van der Waals surface area contributed by atoms with Gasteiger partial charge in [0, 0.05) is 11.3 Å². The van der Waals surface area contributed by atoms with E-state index in [9.17, 15) is 18.5 Å². The Morgan fingerprint density at radius 2 is 1.89 bits per heavy atom. The summed E-state index contributed by atoms with van der Waals surface area (Å²) < 4.78 is 43.3. The average molecular weight is 497 g/mol. The lowest BCUT2D eigenvalue weighted by atomic mass is 10.1. The largest absolute Gasteiger partial charge is 0.493 e. The number of anilines is 2. The first-order valence-corrected chi connectivity index (χ1v) is 12.0. The second kappa shape index (κ2) is 10.8. The Bertz CT molecular complexity index is 1400. The lowest BCUT2D eigenvalue weighted by molar-refractivity contribution is -0.112. The molecule has 0 aliphatic heterocycles. The molecule has 0 spiro atoms. The van der Waals surface area contributed by atoms with Crippen molar-refractivity contribution in [1.29, 1.82) is 5.26 Å². The van der Waals surface area contributed by atoms with Crippen molar-refractivity contribution < 1.29 is 27.2 Å². The SMILES string of the molecule is CCOc1ccc(/C=C(\C#N)C(=O)Nc2ccc(S(=O)(=O)Nc3onc(C)c3C)cc2)cc1OC. The number of methoxy groups -OCH3 is 1. The molecule has 35 heavy (non-hydrogen) atoms. The lowest BCUT2D eigenvalue weighted by Crippen LogP contribution is -2.15. The van der Waals surface area contributed by atoms with E-state index >= 15 is 0 Å². The van der Waals surface area contributed by atoms with E-state index in [1.54, 1.807) is 32.0 Å². The number of amides is 1. The van der Waals surface area contributed by atoms with Gasteiger partial charge < -0.3 is 19.3 Å². The monoisotopic (exact) mass is 496 g/mol. The van der Waals surface area contributed by atoms with E-state index in [1.165, 1.54) is 37.5 Å². The predicted molar refractivity (Wildman–Crippen MR) is 130 cm³/mol. The van der Waals surface area contributed by atoms with E-state index in [-0.39, 0.29) is 16.4 Å². The number of nitrogens with one attached hydrogen (secondary N) is 2. The smallest absolute Gasteiger partial charge is 0.266 e. The molecular formula is C24H24N4O6S. The molecule has 1 aromatic heterocycles. The molecule has 0 aliphatic carbocycles. The Hall–Kier alpha value is -4.30. The zero-order chi connectivity index (χ0) is 25.6. The van der Waals surface area contributed by atoms with Gasteiger partial charge in [-0.1, -0.05) is 11.2 Å². The molecule has 0 saturated carbocycles. The molecule has 1 amide bonds. The van der Waals surface area contributed by atoms with Crippen molar-refractivity contribution in [2.24, 2.45) is 0 Å². The molecule has 0 unspecified atom stereocenters. The molecule has 0 bridgehead atoms. The van der Waals surface area contributed by atoms with Crippen LogP contribution in [0.3, 0.4) is 0 Å². The maximum atomic E-state index is 12.6. The zero-order valence-electron chi connectivity index (χ0n) is 19.6. The minimum absolute atomic E-state index is 0.0367. The number of sulfonamides is 1. The third-order valence-electron chi connectivity index (χ3n) is 4.97. The highest BCUT2D eigenvalue weighted by molar-refractivity contribution is 7.92. The summed E-state index contributed by atoms with van der Waals surface area (Å²) in [7, 11) is -2.43. The first-order chi connectivity index (χ1) is 16.7. The van der Waals surface area contributed by atoms with Crippen LogP contribution in [0.25, 0.3) is 6.08 Å². The van der Waals surface area contributed by atoms with Crippen LogP contribution in [0.5, 0.6) is 11.5 Å². The number of nitriles is 1. The Labute approximate surface area is 203 Å². The van der Waals surface area contributed by atoms with E-state index in [0.29, 0.717) is 40.6 Å². The van der Waals surface area contributed by atoms with Gasteiger partial charge in [0.25, 0.3) is 15.9 Å². The standard InChI is InChI=1S/C24H24N4O6S/c1-5-33-21-11-6-17(13-22(21)32-4)12-18(14-25)23(29)26-19-7-9-20(10-8-19)35(30,31)28-24-15(2)16(3)27-34-24/h6-13,28H,5H2,1-4H3,(H,26,29)/b18-12+. The van der Waals surface area contributed by atoms with Crippen molar-refractivity contribution in [3.63, 3.8) is 0 Å². The molecule has 0 saturated heterocycles. The fraction of sp³-hybridized carbons (Fsp3) is 0.208. The number of benzene rings is 2. The Kier molecular flexibility index (Phi) is 7.78. The van der Waals surface area contributed by atoms with Crippen LogP contribution in [0.4, 0.5) is 11.6 Å². The van der Waals surface area contributed by atoms with Crippen molar-refractivity contribution in [3.8, 4) is 17.6 Å². The number of ether oxygens (including phenoxy) is 2. The summed E-state index contributed by atoms with van der Waals surface area (Å²) in [6.07, 6.45) is 1.41. The molecule has 10 nitrogen and oxygen atoms in total. The van der Waals surface area contributed by atoms with E-state index in [4.69, 9.17) is 14.0 Å². The molecule has 3 rings (SSSR count). The van der Waals surface area contributed by atoms with E-state index in [1.807, 2.05) is 13.0 Å². The molecule has 1 heterocycles. The molecule has 182 valence electrons. The van der Waals surface area contributed by atoms with Crippen LogP contribution in [0.2, 0.25) is 0 Å². The number of carbonyl (C=O) groups is 1. The van der Waals surface area contributed by atoms with Gasteiger partial charge >= 0.3 is 0 Å². The summed E-state index contributed by atoms with van der Waals surface area (Å²) >= 11 is 0. The van der Waals surface area contributed by atoms with Crippen molar-refractivity contribution in [2.75, 3.05) is 23.8 Å². The first-order valence-electron chi connectivity index (χ1n) is 10.5. The number of aromatic nitrogens is 1. The van der Waals surface area contributed by atoms with Crippen LogP contribution in [0.1, 0.15) is 23.7 Å². The van der Waals surface area contributed by atoms with E-state index < -0.39 is 15.9 Å². The number of rotatable bonds is 9. The van der Waals surface area contributed by atoms with Crippen molar-refractivity contribution in [1.82, 2.24) is 5.16 Å². The number of nitrogens with zero attached hydrogens (tertiary/aromatic N) is 2. The van der Waals surface area contributed by atoms with Crippen LogP contribution < -0.4 is 19.5 Å². The second-order valence-corrected chi connectivity index (χ2v) is 9.00. The number of hydrogen-bond acceptors (Lipinski definition) is 8. The van der Waals surface area contributed by atoms with Crippen LogP contribution in [0, 0.1) is 25.2 Å². The third kappa shape index (κ3) is 5.99. The number of carbonyl (C=O) groups excluding carboxylic acids is 1. The summed E-state index contributed by atoms with van der Waals surface area (Å²) in [6.45, 7) is 5.70. The molecular weight excluding hydrogens is 472 g/mol. The maximum absolute atomic E-state index is 12.6. The number of aryl methyl sites for hydroxylation is 1. The molecule has 0 radical (unpaired) electrons. The zero-order valence-corrected chi connectivity index (χ0v) is 20.4. The fourth-order valence-electron chi connectivity index (χ4n) is 2.97. The Morgan fingerprint density at radius 3 is 2.46 bits per heavy atom. The minimum atomic E-state index is -3.93. The Morgan fingerprint density at radius 1 is 1.17 bits per heavy atom. The highest BCUT2D eigenvalue weighted by Gasteiger charge is 2.19. The highest BCUT2D eigenvalue weighted by Crippen LogP contribution is 2.29. The number of hydrogen-bond donors (Lipinski definition) is 2. The van der Waals surface area contributed by atoms with Crippen LogP contribution >= 0.6 is 0 Å². The van der Waals surface area contributed by atoms with Crippen molar-refractivity contribution in [3.05, 3.63) is 64.9 Å². The van der Waals surface area contributed by atoms with E-state index in [0.717, 1.165) is 0 Å². The topological polar surface area (TPSA) is 144 Å². The predicted octanol–water partition coefficient (Wildman–Crippen LogP) is 4.05. The normalized spacial score (nSPS) is 11.5. The lowest BCUT2D eigenvalue weighted by Gasteiger charge is -2.10. The van der Waals surface area contributed by atoms with Crippen molar-refractivity contribution in [2.45, 2.75) is 25.7 Å². The average Bonchev–Trinajstić information content (AvgIpc) is 3.15. The molecule has 0 aliphatic rings. The summed E-state index contributed by atoms with van der Waals surface area (Å²) in [5.41, 5.74) is 1.89. The van der Waals surface area contributed by atoms with E-state index in [2.05, 4.69) is 15.2 Å². The molecule has 2 aromatic carbocycles. The van der Waals surface area contributed by atoms with Gasteiger partial charge in [-0.15, -0.1) is 0 Å². The Balaban J connectivity index is 1.74. The quantitative estimate of drug-likeness (QED) is 0.334. The van der Waals surface area contributed by atoms with Gasteiger partial charge in [-0.2, -0.15) is 5.26 Å². The summed E-state index contributed by atoms with van der Waals surface area (Å²) in [4.78, 5) is 12.6. The van der Waals surface area contributed by atoms with Crippen molar-refractivity contribution >= 4 is 33.6 Å². The summed E-state index contributed by atoms with van der Waals surface area (Å²) in [5.74, 6) is 0.407. The summed E-state index contributed by atoms with van der Waals surface area (Å²) in [5, 5.41) is 15.8. The molecule has 2 N–H and O–H groups in total. The molecule has 0 atom stereocenters. The van der Waals surface area contributed by atoms with Gasteiger partial charge in [-0.3, -0.25) is 4.79 Å². The van der Waals surface area contributed by atoms with Crippen LogP contribution in [-0.4, -0.2) is 33.2 Å². The molecule has 11 heteroatoms. The van der Waals surface area contributed by atoms with Crippen LogP contribution in [-0.2, 0) is 14.8 Å². The first kappa shape index (κ1) is 25.3. The minimum Gasteiger partial charge on any atom is -0.493 e. The maximum Gasteiger partial charge on any atom is 0.266 e. The van der Waals surface area contributed by atoms with Gasteiger partial charge in [0.2, 0.25) is 5.88 Å². The van der Waals surface area contributed by atoms with Gasteiger partial charge in [-0.05, 0) is 68.8 Å². The van der Waals surface area contributed by atoms with Gasteiger partial charge in [0.15, 0.2) is 11.5 Å². The summed E-state index contributed by atoms with van der Waals surface area (Å²) in [6, 6.07) is 12.4. The van der Waals surface area contributed by atoms with Crippen LogP contribution in [0.15, 0.2) is 57.5 Å². The third-order valence-corrected chi connectivity index (χ3v) is 6.32. The van der Waals surface area contributed by atoms with Gasteiger partial charge in [0.05, 0.1) is 24.3 Å². The highest BCUT2D eigenvalue weighted by atomic mass is 32.2.